The molecule has 4 amide bonds. The summed E-state index contributed by atoms with van der Waals surface area (Å²) in [5.74, 6) is 0.981. The van der Waals surface area contributed by atoms with Gasteiger partial charge in [-0.25, -0.2) is 24.5 Å². The van der Waals surface area contributed by atoms with Crippen molar-refractivity contribution in [1.29, 1.82) is 0 Å². The highest BCUT2D eigenvalue weighted by Gasteiger charge is 2.40. The van der Waals surface area contributed by atoms with Crippen LogP contribution in [-0.2, 0) is 7.05 Å². The predicted molar refractivity (Wildman–Crippen MR) is 109 cm³/mol. The Labute approximate surface area is 185 Å². The van der Waals surface area contributed by atoms with E-state index >= 15 is 0 Å². The fourth-order valence-electron chi connectivity index (χ4n) is 3.12. The van der Waals surface area contributed by atoms with E-state index in [1.165, 1.54) is 12.3 Å². The lowest BCUT2D eigenvalue weighted by atomic mass is 10.3. The maximum Gasteiger partial charge on any atom is 0.406 e. The third kappa shape index (κ3) is 5.37. The summed E-state index contributed by atoms with van der Waals surface area (Å²) in [6.07, 6.45) is 1.88. The summed E-state index contributed by atoms with van der Waals surface area (Å²) in [6.45, 7) is -1.75. The summed E-state index contributed by atoms with van der Waals surface area (Å²) >= 11 is 0. The number of ether oxygens (including phenoxy) is 1. The smallest absolute Gasteiger partial charge is 0.406 e. The molecule has 0 atom stereocenters. The molecule has 0 saturated carbocycles. The number of anilines is 1. The van der Waals surface area contributed by atoms with Crippen LogP contribution in [0.2, 0.25) is 0 Å². The van der Waals surface area contributed by atoms with E-state index in [4.69, 9.17) is 4.74 Å². The number of hydrogen-bond acceptors (Lipinski definition) is 6. The second-order valence-corrected chi connectivity index (χ2v) is 7.18. The Morgan fingerprint density at radius 2 is 1.94 bits per heavy atom. The summed E-state index contributed by atoms with van der Waals surface area (Å²) in [5.41, 5.74) is 1.31. The number of aryl methyl sites for hydroxylation is 1. The van der Waals surface area contributed by atoms with Crippen molar-refractivity contribution in [3.63, 3.8) is 0 Å². The first-order valence-corrected chi connectivity index (χ1v) is 9.70. The van der Waals surface area contributed by atoms with Crippen LogP contribution < -0.4 is 10.1 Å². The Morgan fingerprint density at radius 1 is 1.12 bits per heavy atom. The van der Waals surface area contributed by atoms with Crippen LogP contribution in [0.1, 0.15) is 0 Å². The third-order valence-electron chi connectivity index (χ3n) is 4.62. The Kier molecular flexibility index (Phi) is 5.85. The molecule has 10 nitrogen and oxygen atoms in total. The Hall–Kier alpha value is -4.16. The highest BCUT2D eigenvalue weighted by Crippen LogP contribution is 2.25. The first kappa shape index (κ1) is 22.0. The van der Waals surface area contributed by atoms with Crippen LogP contribution in [0.25, 0.3) is 11.4 Å². The number of hydrogen-bond donors (Lipinski definition) is 1. The van der Waals surface area contributed by atoms with Crippen LogP contribution in [0.3, 0.4) is 0 Å². The lowest BCUT2D eigenvalue weighted by Gasteiger charge is -2.19. The molecule has 1 aliphatic heterocycles. The number of pyridine rings is 2. The van der Waals surface area contributed by atoms with Crippen molar-refractivity contribution < 1.29 is 27.5 Å². The number of amides is 4. The van der Waals surface area contributed by atoms with Gasteiger partial charge in [0.15, 0.2) is 0 Å². The zero-order chi connectivity index (χ0) is 23.6. The van der Waals surface area contributed by atoms with Gasteiger partial charge in [0.2, 0.25) is 0 Å². The number of nitrogens with one attached hydrogen (secondary N) is 1. The summed E-state index contributed by atoms with van der Waals surface area (Å²) in [4.78, 5) is 38.2. The molecule has 3 aromatic rings. The molecule has 33 heavy (non-hydrogen) atoms. The van der Waals surface area contributed by atoms with Crippen molar-refractivity contribution in [1.82, 2.24) is 29.3 Å². The van der Waals surface area contributed by atoms with Crippen LogP contribution in [0.15, 0.2) is 49.2 Å². The van der Waals surface area contributed by atoms with Gasteiger partial charge in [0.25, 0.3) is 0 Å². The third-order valence-corrected chi connectivity index (χ3v) is 4.62. The standard InChI is InChI=1S/C20H18F3N7O3/c1-28-10-16(26-12-28)15-8-13(4-5-24-15)33-14-2-3-17(25-9-14)27-18(31)30-7-6-29(19(30)32)11-20(21,22)23/h2-5,8-10,12H,6-7,11H2,1H3,(H,25,27,31). The molecule has 0 radical (unpaired) electrons. The summed E-state index contributed by atoms with van der Waals surface area (Å²) in [7, 11) is 1.85. The predicted octanol–water partition coefficient (Wildman–Crippen LogP) is 3.50. The molecule has 0 unspecified atom stereocenters. The van der Waals surface area contributed by atoms with Gasteiger partial charge in [-0.3, -0.25) is 10.3 Å². The lowest BCUT2D eigenvalue weighted by Crippen LogP contribution is -2.41. The van der Waals surface area contributed by atoms with E-state index in [2.05, 4.69) is 20.3 Å². The molecule has 0 aliphatic carbocycles. The second kappa shape index (κ2) is 8.76. The van der Waals surface area contributed by atoms with Crippen molar-refractivity contribution in [2.24, 2.45) is 7.05 Å². The summed E-state index contributed by atoms with van der Waals surface area (Å²) in [5, 5.41) is 2.39. The molecule has 1 saturated heterocycles. The van der Waals surface area contributed by atoms with E-state index in [0.29, 0.717) is 32.7 Å². The number of imidazole rings is 1. The minimum absolute atomic E-state index is 0.110. The van der Waals surface area contributed by atoms with Crippen molar-refractivity contribution in [2.45, 2.75) is 6.18 Å². The SMILES string of the molecule is Cn1cnc(-c2cc(Oc3ccc(NC(=O)N4CCN(CC(F)(F)F)C4=O)nc3)ccn2)c1. The molecule has 4 heterocycles. The van der Waals surface area contributed by atoms with E-state index in [9.17, 15) is 22.8 Å². The molecule has 4 rings (SSSR count). The molecular weight excluding hydrogens is 443 g/mol. The minimum Gasteiger partial charge on any atom is -0.456 e. The highest BCUT2D eigenvalue weighted by atomic mass is 19.4. The van der Waals surface area contributed by atoms with Crippen molar-refractivity contribution >= 4 is 17.9 Å². The summed E-state index contributed by atoms with van der Waals surface area (Å²) in [6, 6.07) is 4.50. The van der Waals surface area contributed by atoms with E-state index in [1.807, 2.05) is 13.2 Å². The van der Waals surface area contributed by atoms with Gasteiger partial charge in [0.1, 0.15) is 29.6 Å². The number of imide groups is 1. The van der Waals surface area contributed by atoms with Crippen LogP contribution in [0.4, 0.5) is 28.6 Å². The molecule has 13 heteroatoms. The monoisotopic (exact) mass is 461 g/mol. The average molecular weight is 461 g/mol. The normalized spacial score (nSPS) is 14.0. The van der Waals surface area contributed by atoms with Gasteiger partial charge in [-0.2, -0.15) is 13.2 Å². The number of urea groups is 2. The van der Waals surface area contributed by atoms with Gasteiger partial charge >= 0.3 is 18.2 Å². The van der Waals surface area contributed by atoms with Gasteiger partial charge < -0.3 is 14.2 Å². The van der Waals surface area contributed by atoms with Crippen molar-refractivity contribution in [3.05, 3.63) is 49.2 Å². The molecule has 0 spiro atoms. The van der Waals surface area contributed by atoms with E-state index in [1.54, 1.807) is 35.3 Å². The molecule has 0 bridgehead atoms. The van der Waals surface area contributed by atoms with Gasteiger partial charge in [-0.15, -0.1) is 0 Å². The molecule has 1 N–H and O–H groups in total. The van der Waals surface area contributed by atoms with Crippen LogP contribution in [-0.4, -0.2) is 67.2 Å². The van der Waals surface area contributed by atoms with Gasteiger partial charge in [-0.1, -0.05) is 0 Å². The number of carbonyl (C=O) groups excluding carboxylic acids is 2. The Balaban J connectivity index is 1.36. The number of aromatic nitrogens is 4. The minimum atomic E-state index is -4.53. The van der Waals surface area contributed by atoms with E-state index < -0.39 is 24.8 Å². The highest BCUT2D eigenvalue weighted by molar-refractivity contribution is 6.01. The largest absolute Gasteiger partial charge is 0.456 e. The average Bonchev–Trinajstić information content (AvgIpc) is 3.34. The van der Waals surface area contributed by atoms with Crippen LogP contribution in [0.5, 0.6) is 11.5 Å². The zero-order valence-corrected chi connectivity index (χ0v) is 17.3. The maximum absolute atomic E-state index is 12.5. The number of nitrogens with zero attached hydrogens (tertiary/aromatic N) is 6. The number of carbonyl (C=O) groups is 2. The topological polar surface area (TPSA) is 105 Å². The number of halogens is 3. The van der Waals surface area contributed by atoms with Gasteiger partial charge in [0, 0.05) is 38.6 Å². The van der Waals surface area contributed by atoms with E-state index in [-0.39, 0.29) is 18.9 Å². The summed E-state index contributed by atoms with van der Waals surface area (Å²) < 4.78 is 45.1. The number of rotatable bonds is 5. The van der Waals surface area contributed by atoms with Gasteiger partial charge in [-0.05, 0) is 18.2 Å². The van der Waals surface area contributed by atoms with Crippen LogP contribution >= 0.6 is 0 Å². The van der Waals surface area contributed by atoms with E-state index in [0.717, 1.165) is 0 Å². The molecular formula is C20H18F3N7O3. The fourth-order valence-corrected chi connectivity index (χ4v) is 3.12. The maximum atomic E-state index is 12.5. The molecule has 1 fully saturated rings. The first-order chi connectivity index (χ1) is 15.7. The van der Waals surface area contributed by atoms with Gasteiger partial charge in [0.05, 0.1) is 18.2 Å². The van der Waals surface area contributed by atoms with Crippen LogP contribution in [0, 0.1) is 0 Å². The second-order valence-electron chi connectivity index (χ2n) is 7.18. The number of alkyl halides is 3. The molecule has 3 aromatic heterocycles. The molecule has 0 aromatic carbocycles. The lowest BCUT2D eigenvalue weighted by molar-refractivity contribution is -0.138. The first-order valence-electron chi connectivity index (χ1n) is 9.70. The molecule has 172 valence electrons. The Bertz CT molecular complexity index is 1160. The fraction of sp³-hybridized carbons (Fsp3) is 0.250. The van der Waals surface area contributed by atoms with Crippen molar-refractivity contribution in [2.75, 3.05) is 25.0 Å². The zero-order valence-electron chi connectivity index (χ0n) is 17.3. The quantitative estimate of drug-likeness (QED) is 0.624. The Morgan fingerprint density at radius 3 is 2.61 bits per heavy atom. The van der Waals surface area contributed by atoms with Crippen molar-refractivity contribution in [3.8, 4) is 22.9 Å². The molecule has 1 aliphatic rings.